The molecule has 0 bridgehead atoms. The van der Waals surface area contributed by atoms with E-state index in [1.54, 1.807) is 0 Å². The van der Waals surface area contributed by atoms with Crippen LogP contribution in [0, 0.1) is 46.3 Å². The topological polar surface area (TPSA) is 115 Å². The van der Waals surface area contributed by atoms with Crippen molar-refractivity contribution in [2.75, 3.05) is 0 Å². The summed E-state index contributed by atoms with van der Waals surface area (Å²) < 4.78 is 0. The molecule has 202 valence electrons. The molecule has 4 N–H and O–H groups in total. The van der Waals surface area contributed by atoms with Crippen molar-refractivity contribution in [3.63, 3.8) is 0 Å². The van der Waals surface area contributed by atoms with E-state index in [0.29, 0.717) is 48.7 Å². The molecule has 0 aromatic carbocycles. The fourth-order valence-electron chi connectivity index (χ4n) is 8.93. The molecule has 0 heterocycles. The molecular formula is C29H50O6. The number of carbonyl (C=O) groups excluding carboxylic acids is 1. The highest BCUT2D eigenvalue weighted by molar-refractivity contribution is 5.77. The number of aliphatic carboxylic acids is 1. The quantitative estimate of drug-likeness (QED) is 0.421. The maximum atomic E-state index is 11.5. The van der Waals surface area contributed by atoms with Gasteiger partial charge in [0.1, 0.15) is 5.78 Å². The standard InChI is InChI=1S/C24H40O5.C5H10O/c1-13(4-7-21(28)29)16-5-6-17-22-18(12-20(27)24(16,17)3)23(2)9-8-15(25)10-14(23)11-19(22)26;1-3-5(6)4-2/h13-20,22,25-27H,4-12H2,1-3H3,(H,28,29);3-4H2,1-2H3/t13-,14+,15-,16-,17+,18+,19-,20+,22+,23+,24-;/m1./s1. The van der Waals surface area contributed by atoms with Gasteiger partial charge in [0.25, 0.3) is 0 Å². The van der Waals surface area contributed by atoms with Gasteiger partial charge in [-0.3, -0.25) is 9.59 Å². The lowest BCUT2D eigenvalue weighted by molar-refractivity contribution is -0.207. The molecule has 11 atom stereocenters. The third-order valence-electron chi connectivity index (χ3n) is 11.1. The first-order chi connectivity index (χ1) is 16.4. The van der Waals surface area contributed by atoms with Crippen molar-refractivity contribution in [1.82, 2.24) is 0 Å². The third kappa shape index (κ3) is 5.36. The lowest BCUT2D eigenvalue weighted by atomic mass is 9.43. The molecular weight excluding hydrogens is 444 g/mol. The predicted octanol–water partition coefficient (Wildman–Crippen LogP) is 4.82. The van der Waals surface area contributed by atoms with Gasteiger partial charge >= 0.3 is 5.97 Å². The number of rotatable bonds is 6. The number of aliphatic hydroxyl groups is 3. The monoisotopic (exact) mass is 494 g/mol. The molecule has 4 fully saturated rings. The largest absolute Gasteiger partial charge is 0.481 e. The molecule has 0 radical (unpaired) electrons. The lowest BCUT2D eigenvalue weighted by Gasteiger charge is -2.63. The smallest absolute Gasteiger partial charge is 0.303 e. The second-order valence-corrected chi connectivity index (χ2v) is 12.7. The maximum Gasteiger partial charge on any atom is 0.303 e. The van der Waals surface area contributed by atoms with Crippen LogP contribution >= 0.6 is 0 Å². The van der Waals surface area contributed by atoms with Crippen LogP contribution in [0.4, 0.5) is 0 Å². The summed E-state index contributed by atoms with van der Waals surface area (Å²) in [5.74, 6) is 1.34. The number of hydrogen-bond donors (Lipinski definition) is 4. The Labute approximate surface area is 211 Å². The fourth-order valence-corrected chi connectivity index (χ4v) is 8.93. The second kappa shape index (κ2) is 11.2. The zero-order valence-electron chi connectivity index (χ0n) is 22.6. The number of aliphatic hydroxyl groups excluding tert-OH is 3. The van der Waals surface area contributed by atoms with Crippen LogP contribution in [0.15, 0.2) is 0 Å². The van der Waals surface area contributed by atoms with Crippen molar-refractivity contribution in [3.05, 3.63) is 0 Å². The van der Waals surface area contributed by atoms with Crippen molar-refractivity contribution < 1.29 is 30.0 Å². The van der Waals surface area contributed by atoms with E-state index in [4.69, 9.17) is 5.11 Å². The van der Waals surface area contributed by atoms with E-state index in [9.17, 15) is 24.9 Å². The van der Waals surface area contributed by atoms with E-state index in [-0.39, 0.29) is 41.3 Å². The number of fused-ring (bicyclic) bond motifs is 5. The Morgan fingerprint density at radius 1 is 0.943 bits per heavy atom. The highest BCUT2D eigenvalue weighted by Gasteiger charge is 2.65. The predicted molar refractivity (Wildman–Crippen MR) is 136 cm³/mol. The van der Waals surface area contributed by atoms with Gasteiger partial charge in [0.2, 0.25) is 0 Å². The minimum atomic E-state index is -0.748. The number of hydrogen-bond acceptors (Lipinski definition) is 5. The van der Waals surface area contributed by atoms with Crippen LogP contribution in [0.3, 0.4) is 0 Å². The minimum absolute atomic E-state index is 0.0957. The highest BCUT2D eigenvalue weighted by atomic mass is 16.4. The summed E-state index contributed by atoms with van der Waals surface area (Å²) in [6.45, 7) is 10.5. The molecule has 6 heteroatoms. The van der Waals surface area contributed by atoms with Crippen LogP contribution in [0.1, 0.15) is 105 Å². The Hall–Kier alpha value is -0.980. The van der Waals surface area contributed by atoms with E-state index in [0.717, 1.165) is 44.9 Å². The summed E-state index contributed by atoms with van der Waals surface area (Å²) in [5.41, 5.74) is -0.143. The van der Waals surface area contributed by atoms with Crippen molar-refractivity contribution >= 4 is 11.8 Å². The summed E-state index contributed by atoms with van der Waals surface area (Å²) in [7, 11) is 0. The summed E-state index contributed by atoms with van der Waals surface area (Å²) in [4.78, 5) is 21.2. The highest BCUT2D eigenvalue weighted by Crippen LogP contribution is 2.68. The molecule has 35 heavy (non-hydrogen) atoms. The molecule has 0 aromatic heterocycles. The Kier molecular flexibility index (Phi) is 9.14. The second-order valence-electron chi connectivity index (χ2n) is 12.7. The van der Waals surface area contributed by atoms with Crippen LogP contribution in [0.25, 0.3) is 0 Å². The first-order valence-electron chi connectivity index (χ1n) is 14.2. The molecule has 0 spiro atoms. The van der Waals surface area contributed by atoms with E-state index >= 15 is 0 Å². The average molecular weight is 495 g/mol. The first kappa shape index (κ1) is 28.6. The van der Waals surface area contributed by atoms with Gasteiger partial charge in [0, 0.05) is 19.3 Å². The van der Waals surface area contributed by atoms with Gasteiger partial charge in [-0.2, -0.15) is 0 Å². The summed E-state index contributed by atoms with van der Waals surface area (Å²) in [6.07, 6.45) is 7.38. The number of ketones is 1. The number of carbonyl (C=O) groups is 2. The summed E-state index contributed by atoms with van der Waals surface area (Å²) in [6, 6.07) is 0. The number of carboxylic acid groups (broad SMARTS) is 1. The van der Waals surface area contributed by atoms with Crippen LogP contribution in [-0.4, -0.2) is 50.5 Å². The van der Waals surface area contributed by atoms with E-state index in [2.05, 4.69) is 20.8 Å². The first-order valence-corrected chi connectivity index (χ1v) is 14.2. The van der Waals surface area contributed by atoms with Gasteiger partial charge < -0.3 is 20.4 Å². The van der Waals surface area contributed by atoms with Crippen LogP contribution in [0.2, 0.25) is 0 Å². The molecule has 0 aromatic rings. The van der Waals surface area contributed by atoms with Crippen molar-refractivity contribution in [3.8, 4) is 0 Å². The maximum absolute atomic E-state index is 11.5. The van der Waals surface area contributed by atoms with Gasteiger partial charge in [-0.25, -0.2) is 0 Å². The zero-order chi connectivity index (χ0) is 26.1. The normalized spacial score (nSPS) is 45.3. The van der Waals surface area contributed by atoms with Gasteiger partial charge in [-0.15, -0.1) is 0 Å². The third-order valence-corrected chi connectivity index (χ3v) is 11.1. The Bertz CT molecular complexity index is 747. The van der Waals surface area contributed by atoms with E-state index in [1.807, 2.05) is 13.8 Å². The van der Waals surface area contributed by atoms with Gasteiger partial charge in [-0.05, 0) is 97.7 Å². The Morgan fingerprint density at radius 3 is 2.17 bits per heavy atom. The van der Waals surface area contributed by atoms with Crippen molar-refractivity contribution in [2.45, 2.75) is 124 Å². The summed E-state index contributed by atoms with van der Waals surface area (Å²) in [5, 5.41) is 42.0. The molecule has 0 unspecified atom stereocenters. The van der Waals surface area contributed by atoms with E-state index < -0.39 is 12.1 Å². The summed E-state index contributed by atoms with van der Waals surface area (Å²) >= 11 is 0. The molecule has 0 saturated heterocycles. The number of carboxylic acids is 1. The van der Waals surface area contributed by atoms with Gasteiger partial charge in [0.15, 0.2) is 0 Å². The zero-order valence-corrected chi connectivity index (χ0v) is 22.6. The molecule has 0 amide bonds. The van der Waals surface area contributed by atoms with Gasteiger partial charge in [-0.1, -0.05) is 34.6 Å². The molecule has 4 saturated carbocycles. The van der Waals surface area contributed by atoms with Crippen molar-refractivity contribution in [2.24, 2.45) is 46.3 Å². The number of Topliss-reactive ketones (excluding diaryl/α,β-unsaturated/α-hetero) is 1. The molecule has 0 aliphatic heterocycles. The minimum Gasteiger partial charge on any atom is -0.481 e. The van der Waals surface area contributed by atoms with Crippen LogP contribution < -0.4 is 0 Å². The Morgan fingerprint density at radius 2 is 1.60 bits per heavy atom. The van der Waals surface area contributed by atoms with Gasteiger partial charge in [0.05, 0.1) is 18.3 Å². The van der Waals surface area contributed by atoms with Crippen LogP contribution in [0.5, 0.6) is 0 Å². The van der Waals surface area contributed by atoms with Crippen molar-refractivity contribution in [1.29, 1.82) is 0 Å². The molecule has 6 nitrogen and oxygen atoms in total. The van der Waals surface area contributed by atoms with Crippen LogP contribution in [-0.2, 0) is 9.59 Å². The molecule has 4 aliphatic rings. The van der Waals surface area contributed by atoms with E-state index in [1.165, 1.54) is 0 Å². The molecule has 4 rings (SSSR count). The Balaban J connectivity index is 0.000000509. The lowest BCUT2D eigenvalue weighted by Crippen LogP contribution is -2.62. The average Bonchev–Trinajstić information content (AvgIpc) is 3.17. The SMILES string of the molecule is CCC(=O)CC.C[C@H](CCC(=O)O)[C@H]1CC[C@H]2[C@@H]3[C@H](O)C[C@@H]4C[C@H](O)CC[C@]4(C)[C@H]3C[C@H](O)[C@]12C. The fraction of sp³-hybridized carbons (Fsp3) is 0.931. The molecule has 4 aliphatic carbocycles.